The zero-order valence-corrected chi connectivity index (χ0v) is 15.3. The number of hydrogen-bond acceptors (Lipinski definition) is 0. The smallest absolute Gasteiger partial charge is 0.137 e. The van der Waals surface area contributed by atoms with Gasteiger partial charge in [-0.05, 0) is 70.8 Å². The molecule has 0 spiro atoms. The van der Waals surface area contributed by atoms with Crippen molar-refractivity contribution in [2.45, 2.75) is 32.6 Å². The standard InChI is InChI=1S/C23H19ClF2/c1-2-3-14-4-10-18-16(12-14)7-11-19-20(18)13-21(25)22(23(19)26)15-5-8-17(24)9-6-15/h4-6,8-10,12-13H,2-3,7,11H2,1H3. The Kier molecular flexibility index (Phi) is 4.54. The van der Waals surface area contributed by atoms with Crippen LogP contribution in [-0.4, -0.2) is 0 Å². The molecule has 0 heterocycles. The van der Waals surface area contributed by atoms with Crippen molar-refractivity contribution < 1.29 is 8.78 Å². The molecule has 1 aliphatic carbocycles. The zero-order valence-electron chi connectivity index (χ0n) is 14.6. The van der Waals surface area contributed by atoms with E-state index in [1.165, 1.54) is 17.2 Å². The number of benzene rings is 3. The predicted molar refractivity (Wildman–Crippen MR) is 104 cm³/mol. The van der Waals surface area contributed by atoms with Gasteiger partial charge in [0.15, 0.2) is 0 Å². The molecule has 0 N–H and O–H groups in total. The summed E-state index contributed by atoms with van der Waals surface area (Å²) in [4.78, 5) is 0. The Balaban J connectivity index is 1.85. The summed E-state index contributed by atoms with van der Waals surface area (Å²) in [6, 6.07) is 14.4. The maximum Gasteiger partial charge on any atom is 0.137 e. The van der Waals surface area contributed by atoms with Gasteiger partial charge in [-0.15, -0.1) is 0 Å². The Morgan fingerprint density at radius 3 is 2.42 bits per heavy atom. The van der Waals surface area contributed by atoms with Crippen molar-refractivity contribution in [3.8, 4) is 22.3 Å². The van der Waals surface area contributed by atoms with Crippen molar-refractivity contribution >= 4 is 11.6 Å². The molecule has 4 rings (SSSR count). The second-order valence-corrected chi connectivity index (χ2v) is 7.26. The van der Waals surface area contributed by atoms with E-state index in [-0.39, 0.29) is 5.56 Å². The van der Waals surface area contributed by atoms with Crippen molar-refractivity contribution in [2.75, 3.05) is 0 Å². The van der Waals surface area contributed by atoms with Gasteiger partial charge in [0.1, 0.15) is 11.6 Å². The third-order valence-corrected chi connectivity index (χ3v) is 5.35. The highest BCUT2D eigenvalue weighted by molar-refractivity contribution is 6.30. The van der Waals surface area contributed by atoms with Gasteiger partial charge in [-0.25, -0.2) is 8.78 Å². The fourth-order valence-corrected chi connectivity index (χ4v) is 3.97. The summed E-state index contributed by atoms with van der Waals surface area (Å²) in [5, 5.41) is 0.546. The highest BCUT2D eigenvalue weighted by Gasteiger charge is 2.25. The molecular weight excluding hydrogens is 350 g/mol. The lowest BCUT2D eigenvalue weighted by molar-refractivity contribution is 0.577. The summed E-state index contributed by atoms with van der Waals surface area (Å²) in [5.74, 6) is -0.986. The van der Waals surface area contributed by atoms with Crippen LogP contribution in [0.2, 0.25) is 5.02 Å². The first-order chi connectivity index (χ1) is 12.6. The third-order valence-electron chi connectivity index (χ3n) is 5.10. The van der Waals surface area contributed by atoms with Crippen molar-refractivity contribution in [2.24, 2.45) is 0 Å². The first kappa shape index (κ1) is 17.2. The van der Waals surface area contributed by atoms with E-state index in [1.54, 1.807) is 24.3 Å². The summed E-state index contributed by atoms with van der Waals surface area (Å²) >= 11 is 5.90. The van der Waals surface area contributed by atoms with Crippen LogP contribution < -0.4 is 0 Å². The van der Waals surface area contributed by atoms with Crippen LogP contribution in [-0.2, 0) is 19.3 Å². The highest BCUT2D eigenvalue weighted by Crippen LogP contribution is 2.40. The molecule has 0 aliphatic heterocycles. The Hall–Kier alpha value is -2.19. The van der Waals surface area contributed by atoms with Crippen molar-refractivity contribution in [3.05, 3.63) is 81.9 Å². The Morgan fingerprint density at radius 1 is 0.923 bits per heavy atom. The fourth-order valence-electron chi connectivity index (χ4n) is 3.85. The van der Waals surface area contributed by atoms with Crippen molar-refractivity contribution in [3.63, 3.8) is 0 Å². The second-order valence-electron chi connectivity index (χ2n) is 6.82. The molecule has 1 aliphatic rings. The highest BCUT2D eigenvalue weighted by atomic mass is 35.5. The van der Waals surface area contributed by atoms with Gasteiger partial charge < -0.3 is 0 Å². The summed E-state index contributed by atoms with van der Waals surface area (Å²) in [6.45, 7) is 2.15. The van der Waals surface area contributed by atoms with Gasteiger partial charge in [-0.1, -0.05) is 55.3 Å². The molecule has 0 saturated carbocycles. The molecule has 0 atom stereocenters. The molecule has 3 aromatic carbocycles. The molecule has 0 saturated heterocycles. The van der Waals surface area contributed by atoms with E-state index in [1.807, 2.05) is 6.07 Å². The van der Waals surface area contributed by atoms with E-state index < -0.39 is 11.6 Å². The molecule has 0 amide bonds. The van der Waals surface area contributed by atoms with Crippen LogP contribution in [0.5, 0.6) is 0 Å². The maximum atomic E-state index is 15.2. The summed E-state index contributed by atoms with van der Waals surface area (Å²) in [7, 11) is 0. The normalized spacial score (nSPS) is 12.6. The minimum absolute atomic E-state index is 0.0338. The lowest BCUT2D eigenvalue weighted by Gasteiger charge is -2.23. The zero-order chi connectivity index (χ0) is 18.3. The molecule has 0 bridgehead atoms. The van der Waals surface area contributed by atoms with E-state index in [0.717, 1.165) is 24.8 Å². The summed E-state index contributed by atoms with van der Waals surface area (Å²) in [6.07, 6.45) is 3.48. The van der Waals surface area contributed by atoms with Gasteiger partial charge in [0.2, 0.25) is 0 Å². The van der Waals surface area contributed by atoms with E-state index in [2.05, 4.69) is 19.1 Å². The van der Waals surface area contributed by atoms with E-state index in [4.69, 9.17) is 11.6 Å². The largest absolute Gasteiger partial charge is 0.206 e. The SMILES string of the molecule is CCCc1ccc2c(c1)CCc1c-2cc(F)c(-c2ccc(Cl)cc2)c1F. The van der Waals surface area contributed by atoms with Crippen LogP contribution in [0, 0.1) is 11.6 Å². The molecule has 0 radical (unpaired) electrons. The number of fused-ring (bicyclic) bond motifs is 3. The van der Waals surface area contributed by atoms with Gasteiger partial charge >= 0.3 is 0 Å². The molecular formula is C23H19ClF2. The molecule has 0 nitrogen and oxygen atoms in total. The van der Waals surface area contributed by atoms with Crippen LogP contribution in [0.3, 0.4) is 0 Å². The third kappa shape index (κ3) is 2.93. The molecule has 3 heteroatoms. The predicted octanol–water partition coefficient (Wildman–Crippen LogP) is 7.00. The maximum absolute atomic E-state index is 15.2. The fraction of sp³-hybridized carbons (Fsp3) is 0.217. The number of aryl methyl sites for hydroxylation is 2. The van der Waals surface area contributed by atoms with E-state index in [9.17, 15) is 4.39 Å². The molecule has 0 fully saturated rings. The lowest BCUT2D eigenvalue weighted by Crippen LogP contribution is -2.09. The monoisotopic (exact) mass is 368 g/mol. The Bertz CT molecular complexity index is 974. The van der Waals surface area contributed by atoms with Gasteiger partial charge in [-0.2, -0.15) is 0 Å². The topological polar surface area (TPSA) is 0 Å². The van der Waals surface area contributed by atoms with E-state index in [0.29, 0.717) is 28.1 Å². The molecule has 26 heavy (non-hydrogen) atoms. The van der Waals surface area contributed by atoms with Crippen molar-refractivity contribution in [1.82, 2.24) is 0 Å². The minimum Gasteiger partial charge on any atom is -0.206 e. The number of rotatable bonds is 3. The average Bonchev–Trinajstić information content (AvgIpc) is 2.63. The average molecular weight is 369 g/mol. The number of hydrogen-bond donors (Lipinski definition) is 0. The summed E-state index contributed by atoms with van der Waals surface area (Å²) < 4.78 is 30.1. The van der Waals surface area contributed by atoms with Gasteiger partial charge in [0.05, 0.1) is 5.56 Å². The summed E-state index contributed by atoms with van der Waals surface area (Å²) in [5.41, 5.74) is 5.25. The van der Waals surface area contributed by atoms with Gasteiger partial charge in [-0.3, -0.25) is 0 Å². The van der Waals surface area contributed by atoms with Crippen LogP contribution in [0.4, 0.5) is 8.78 Å². The first-order valence-corrected chi connectivity index (χ1v) is 9.35. The molecule has 0 aromatic heterocycles. The molecule has 0 unspecified atom stereocenters. The van der Waals surface area contributed by atoms with Gasteiger partial charge in [0, 0.05) is 5.02 Å². The minimum atomic E-state index is -0.533. The molecule has 3 aromatic rings. The lowest BCUT2D eigenvalue weighted by atomic mass is 9.82. The van der Waals surface area contributed by atoms with E-state index >= 15 is 4.39 Å². The first-order valence-electron chi connectivity index (χ1n) is 8.97. The number of halogens is 3. The Labute approximate surface area is 157 Å². The molecule has 132 valence electrons. The van der Waals surface area contributed by atoms with Crippen LogP contribution >= 0.6 is 11.6 Å². The Morgan fingerprint density at radius 2 is 1.69 bits per heavy atom. The quantitative estimate of drug-likeness (QED) is 0.466. The second kappa shape index (κ2) is 6.85. The van der Waals surface area contributed by atoms with Gasteiger partial charge in [0.25, 0.3) is 0 Å². The van der Waals surface area contributed by atoms with Crippen LogP contribution in [0.25, 0.3) is 22.3 Å². The van der Waals surface area contributed by atoms with Crippen LogP contribution in [0.1, 0.15) is 30.0 Å². The van der Waals surface area contributed by atoms with Crippen LogP contribution in [0.15, 0.2) is 48.5 Å². The van der Waals surface area contributed by atoms with Crippen molar-refractivity contribution in [1.29, 1.82) is 0 Å².